The molecule has 1 atom stereocenters. The van der Waals surface area contributed by atoms with Crippen LogP contribution < -0.4 is 4.74 Å². The van der Waals surface area contributed by atoms with Gasteiger partial charge in [-0.3, -0.25) is 4.79 Å². The van der Waals surface area contributed by atoms with Gasteiger partial charge >= 0.3 is 0 Å². The molecule has 3 aromatic rings. The van der Waals surface area contributed by atoms with Crippen LogP contribution in [0.25, 0.3) is 0 Å². The summed E-state index contributed by atoms with van der Waals surface area (Å²) in [6.07, 6.45) is 2.34. The maximum Gasteiger partial charge on any atom is 0.243 e. The van der Waals surface area contributed by atoms with E-state index in [2.05, 4.69) is 11.4 Å². The van der Waals surface area contributed by atoms with Crippen LogP contribution in [0.15, 0.2) is 64.9 Å². The normalized spacial score (nSPS) is 17.9. The van der Waals surface area contributed by atoms with Gasteiger partial charge in [0.1, 0.15) is 12.4 Å². The SMILES string of the molecule is Cc1ccc(S(=O)(=O)N(CC(=O)N2CCc3sccc3C2COc2ccccc2C)C2CC2)cc1. The molecule has 1 aliphatic heterocycles. The molecule has 1 saturated carbocycles. The fourth-order valence-corrected chi connectivity index (χ4v) is 7.17. The minimum absolute atomic E-state index is 0.117. The van der Waals surface area contributed by atoms with Crippen LogP contribution in [-0.4, -0.2) is 49.3 Å². The Morgan fingerprint density at radius 1 is 1.09 bits per heavy atom. The maximum atomic E-state index is 13.7. The number of hydrogen-bond donors (Lipinski definition) is 0. The molecule has 0 bridgehead atoms. The molecule has 6 nitrogen and oxygen atoms in total. The van der Waals surface area contributed by atoms with Crippen molar-refractivity contribution >= 4 is 27.3 Å². The lowest BCUT2D eigenvalue weighted by Gasteiger charge is -2.37. The van der Waals surface area contributed by atoms with Gasteiger partial charge < -0.3 is 9.64 Å². The number of nitrogens with zero attached hydrogens (tertiary/aromatic N) is 2. The van der Waals surface area contributed by atoms with Crippen LogP contribution >= 0.6 is 11.3 Å². The number of hydrogen-bond acceptors (Lipinski definition) is 5. The fourth-order valence-electron chi connectivity index (χ4n) is 4.60. The average Bonchev–Trinajstić information content (AvgIpc) is 3.57. The number of benzene rings is 2. The molecule has 1 aliphatic carbocycles. The highest BCUT2D eigenvalue weighted by Gasteiger charge is 2.41. The maximum absolute atomic E-state index is 13.7. The van der Waals surface area contributed by atoms with Gasteiger partial charge in [-0.05, 0) is 73.9 Å². The quantitative estimate of drug-likeness (QED) is 0.440. The Kier molecular flexibility index (Phi) is 6.70. The monoisotopic (exact) mass is 510 g/mol. The van der Waals surface area contributed by atoms with Crippen LogP contribution in [0.2, 0.25) is 0 Å². The number of thiophene rings is 1. The van der Waals surface area contributed by atoms with E-state index in [-0.39, 0.29) is 29.4 Å². The van der Waals surface area contributed by atoms with Crippen molar-refractivity contribution in [3.63, 3.8) is 0 Å². The first-order chi connectivity index (χ1) is 16.8. The highest BCUT2D eigenvalue weighted by atomic mass is 32.2. The molecule has 1 fully saturated rings. The molecule has 0 N–H and O–H groups in total. The molecule has 2 aliphatic rings. The second-order valence-corrected chi connectivity index (χ2v) is 12.2. The summed E-state index contributed by atoms with van der Waals surface area (Å²) in [4.78, 5) is 17.0. The topological polar surface area (TPSA) is 66.9 Å². The second-order valence-electron chi connectivity index (χ2n) is 9.32. The Hall–Kier alpha value is -2.68. The van der Waals surface area contributed by atoms with Gasteiger partial charge in [-0.1, -0.05) is 35.9 Å². The fraction of sp³-hybridized carbons (Fsp3) is 0.370. The van der Waals surface area contributed by atoms with Gasteiger partial charge in [0, 0.05) is 17.5 Å². The zero-order chi connectivity index (χ0) is 24.6. The number of amides is 1. The van der Waals surface area contributed by atoms with Crippen LogP contribution in [-0.2, 0) is 21.2 Å². The summed E-state index contributed by atoms with van der Waals surface area (Å²) in [6, 6.07) is 16.4. The van der Waals surface area contributed by atoms with Crippen LogP contribution in [0.1, 0.15) is 40.5 Å². The van der Waals surface area contributed by atoms with E-state index in [0.717, 1.165) is 41.7 Å². The van der Waals surface area contributed by atoms with Gasteiger partial charge in [0.15, 0.2) is 0 Å². The first-order valence-corrected chi connectivity index (χ1v) is 14.3. The lowest BCUT2D eigenvalue weighted by Crippen LogP contribution is -2.48. The molecule has 1 amide bonds. The van der Waals surface area contributed by atoms with Crippen molar-refractivity contribution in [3.8, 4) is 5.75 Å². The van der Waals surface area contributed by atoms with Gasteiger partial charge in [-0.2, -0.15) is 4.31 Å². The van der Waals surface area contributed by atoms with E-state index in [9.17, 15) is 13.2 Å². The largest absolute Gasteiger partial charge is 0.491 e. The second kappa shape index (κ2) is 9.76. The number of ether oxygens (including phenoxy) is 1. The van der Waals surface area contributed by atoms with Gasteiger partial charge in [0.2, 0.25) is 15.9 Å². The van der Waals surface area contributed by atoms with E-state index < -0.39 is 10.0 Å². The number of rotatable bonds is 8. The molecule has 184 valence electrons. The highest BCUT2D eigenvalue weighted by Crippen LogP contribution is 2.36. The van der Waals surface area contributed by atoms with Gasteiger partial charge in [-0.15, -0.1) is 11.3 Å². The van der Waals surface area contributed by atoms with E-state index in [4.69, 9.17) is 4.74 Å². The third-order valence-electron chi connectivity index (χ3n) is 6.78. The first-order valence-electron chi connectivity index (χ1n) is 12.0. The summed E-state index contributed by atoms with van der Waals surface area (Å²) in [5, 5.41) is 2.05. The number of para-hydroxylation sites is 1. The molecule has 0 radical (unpaired) electrons. The number of carbonyl (C=O) groups is 1. The summed E-state index contributed by atoms with van der Waals surface area (Å²) in [6.45, 7) is 4.65. The van der Waals surface area contributed by atoms with Gasteiger partial charge in [0.25, 0.3) is 0 Å². The van der Waals surface area contributed by atoms with E-state index >= 15 is 0 Å². The average molecular weight is 511 g/mol. The Morgan fingerprint density at radius 2 is 1.83 bits per heavy atom. The molecular weight excluding hydrogens is 480 g/mol. The molecule has 2 aromatic carbocycles. The van der Waals surface area contributed by atoms with E-state index in [1.54, 1.807) is 35.6 Å². The summed E-state index contributed by atoms with van der Waals surface area (Å²) < 4.78 is 34.5. The zero-order valence-corrected chi connectivity index (χ0v) is 21.6. The van der Waals surface area contributed by atoms with E-state index in [0.29, 0.717) is 13.2 Å². The number of carbonyl (C=O) groups excluding carboxylic acids is 1. The molecule has 8 heteroatoms. The summed E-state index contributed by atoms with van der Waals surface area (Å²) >= 11 is 1.70. The first kappa shape index (κ1) is 24.0. The van der Waals surface area contributed by atoms with Crippen molar-refractivity contribution in [1.29, 1.82) is 0 Å². The Morgan fingerprint density at radius 3 is 2.54 bits per heavy atom. The number of fused-ring (bicyclic) bond motifs is 1. The van der Waals surface area contributed by atoms with Crippen LogP contribution in [0, 0.1) is 13.8 Å². The lowest BCUT2D eigenvalue weighted by atomic mass is 10.0. The third-order valence-corrected chi connectivity index (χ3v) is 9.69. The number of sulfonamides is 1. The predicted octanol–water partition coefficient (Wildman–Crippen LogP) is 4.72. The molecule has 1 aromatic heterocycles. The van der Waals surface area contributed by atoms with Crippen molar-refractivity contribution in [3.05, 3.63) is 81.5 Å². The highest BCUT2D eigenvalue weighted by molar-refractivity contribution is 7.89. The predicted molar refractivity (Wildman–Crippen MR) is 137 cm³/mol. The Bertz CT molecular complexity index is 1310. The number of aryl methyl sites for hydroxylation is 2. The molecule has 0 saturated heterocycles. The van der Waals surface area contributed by atoms with Crippen LogP contribution in [0.3, 0.4) is 0 Å². The van der Waals surface area contributed by atoms with Crippen molar-refractivity contribution in [2.45, 2.75) is 50.1 Å². The molecule has 5 rings (SSSR count). The van der Waals surface area contributed by atoms with Crippen molar-refractivity contribution in [2.24, 2.45) is 0 Å². The molecule has 35 heavy (non-hydrogen) atoms. The van der Waals surface area contributed by atoms with Gasteiger partial charge in [0.05, 0.1) is 17.5 Å². The van der Waals surface area contributed by atoms with Crippen molar-refractivity contribution < 1.29 is 17.9 Å². The van der Waals surface area contributed by atoms with E-state index in [1.807, 2.05) is 43.0 Å². The minimum Gasteiger partial charge on any atom is -0.491 e. The zero-order valence-electron chi connectivity index (χ0n) is 20.0. The molecule has 2 heterocycles. The van der Waals surface area contributed by atoms with Crippen LogP contribution in [0.5, 0.6) is 5.75 Å². The Balaban J connectivity index is 1.38. The molecule has 1 unspecified atom stereocenters. The molecular formula is C27H30N2O4S2. The standard InChI is InChI=1S/C27H30N2O4S2/c1-19-7-11-22(12-8-19)35(31,32)29(21-9-10-21)17-27(30)28-15-13-26-23(14-16-34-26)24(28)18-33-25-6-4-3-5-20(25)2/h3-8,11-12,14,16,21,24H,9-10,13,15,17-18H2,1-2H3. The smallest absolute Gasteiger partial charge is 0.243 e. The lowest BCUT2D eigenvalue weighted by molar-refractivity contribution is -0.135. The van der Waals surface area contributed by atoms with Gasteiger partial charge in [-0.25, -0.2) is 8.42 Å². The third kappa shape index (κ3) is 5.01. The minimum atomic E-state index is -3.76. The van der Waals surface area contributed by atoms with Crippen LogP contribution in [0.4, 0.5) is 0 Å². The molecule has 0 spiro atoms. The summed E-state index contributed by atoms with van der Waals surface area (Å²) in [7, 11) is -3.76. The summed E-state index contributed by atoms with van der Waals surface area (Å²) in [5.74, 6) is 0.617. The Labute approximate surface area is 211 Å². The van der Waals surface area contributed by atoms with Crippen molar-refractivity contribution in [1.82, 2.24) is 9.21 Å². The summed E-state index contributed by atoms with van der Waals surface area (Å²) in [5.41, 5.74) is 3.13. The van der Waals surface area contributed by atoms with Crippen molar-refractivity contribution in [2.75, 3.05) is 19.7 Å². The van der Waals surface area contributed by atoms with E-state index in [1.165, 1.54) is 9.18 Å².